The Kier molecular flexibility index (Phi) is 3.98. The lowest BCUT2D eigenvalue weighted by atomic mass is 9.84. The van der Waals surface area contributed by atoms with Crippen molar-refractivity contribution in [3.05, 3.63) is 65.7 Å². The lowest BCUT2D eigenvalue weighted by molar-refractivity contribution is 0.412. The molecule has 1 fully saturated rings. The van der Waals surface area contributed by atoms with Crippen LogP contribution in [0.1, 0.15) is 36.9 Å². The fourth-order valence-corrected chi connectivity index (χ4v) is 3.28. The first-order chi connectivity index (χ1) is 10.3. The van der Waals surface area contributed by atoms with Gasteiger partial charge < -0.3 is 10.1 Å². The molecular formula is C19H23NO. The van der Waals surface area contributed by atoms with Gasteiger partial charge in [-0.05, 0) is 42.6 Å². The van der Waals surface area contributed by atoms with Crippen molar-refractivity contribution in [3.63, 3.8) is 0 Å². The summed E-state index contributed by atoms with van der Waals surface area (Å²) in [6, 6.07) is 19.8. The zero-order valence-electron chi connectivity index (χ0n) is 12.8. The number of hydrogen-bond donors (Lipinski definition) is 1. The molecule has 0 heterocycles. The van der Waals surface area contributed by atoms with Gasteiger partial charge in [0.05, 0.1) is 7.11 Å². The minimum atomic E-state index is 0.256. The number of hydrogen-bond acceptors (Lipinski definition) is 2. The van der Waals surface area contributed by atoms with E-state index < -0.39 is 0 Å². The van der Waals surface area contributed by atoms with Gasteiger partial charge in [-0.15, -0.1) is 0 Å². The summed E-state index contributed by atoms with van der Waals surface area (Å²) in [5.74, 6) is 0.915. The highest BCUT2D eigenvalue weighted by Gasteiger charge is 2.50. The van der Waals surface area contributed by atoms with Gasteiger partial charge in [0.15, 0.2) is 0 Å². The van der Waals surface area contributed by atoms with Crippen LogP contribution in [0.4, 0.5) is 0 Å². The Bertz CT molecular complexity index is 572. The fourth-order valence-electron chi connectivity index (χ4n) is 3.28. The summed E-state index contributed by atoms with van der Waals surface area (Å²) in [5.41, 5.74) is 3.05. The van der Waals surface area contributed by atoms with Crippen molar-refractivity contribution in [1.29, 1.82) is 0 Å². The molecule has 1 N–H and O–H groups in total. The molecule has 0 bridgehead atoms. The van der Waals surface area contributed by atoms with Crippen LogP contribution in [-0.2, 0) is 5.41 Å². The van der Waals surface area contributed by atoms with Crippen LogP contribution in [0.25, 0.3) is 0 Å². The molecule has 1 aliphatic rings. The van der Waals surface area contributed by atoms with Gasteiger partial charge in [0, 0.05) is 11.5 Å². The monoisotopic (exact) mass is 281 g/mol. The van der Waals surface area contributed by atoms with Gasteiger partial charge in [-0.25, -0.2) is 0 Å². The molecule has 2 heteroatoms. The number of likely N-dealkylation sites (N-methyl/N-ethyl adjacent to an activating group) is 1. The number of nitrogens with one attached hydrogen (secondary N) is 1. The van der Waals surface area contributed by atoms with Crippen LogP contribution >= 0.6 is 0 Å². The van der Waals surface area contributed by atoms with Crippen LogP contribution < -0.4 is 10.1 Å². The van der Waals surface area contributed by atoms with Gasteiger partial charge in [0.1, 0.15) is 5.75 Å². The highest BCUT2D eigenvalue weighted by atomic mass is 16.5. The van der Waals surface area contributed by atoms with Gasteiger partial charge in [0.2, 0.25) is 0 Å². The molecule has 2 nitrogen and oxygen atoms in total. The molecule has 2 aromatic rings. The lowest BCUT2D eigenvalue weighted by Crippen LogP contribution is -2.32. The van der Waals surface area contributed by atoms with Gasteiger partial charge in [-0.3, -0.25) is 0 Å². The Morgan fingerprint density at radius 1 is 1.05 bits per heavy atom. The average Bonchev–Trinajstić information content (AvgIpc) is 3.35. The van der Waals surface area contributed by atoms with Crippen molar-refractivity contribution in [1.82, 2.24) is 5.32 Å². The maximum Gasteiger partial charge on any atom is 0.118 e. The molecule has 0 saturated heterocycles. The molecule has 0 aromatic heterocycles. The number of rotatable bonds is 6. The van der Waals surface area contributed by atoms with E-state index in [1.54, 1.807) is 7.11 Å². The van der Waals surface area contributed by atoms with Crippen molar-refractivity contribution in [2.24, 2.45) is 0 Å². The van der Waals surface area contributed by atoms with E-state index in [9.17, 15) is 0 Å². The highest BCUT2D eigenvalue weighted by Crippen LogP contribution is 2.56. The maximum absolute atomic E-state index is 5.27. The van der Waals surface area contributed by atoms with Gasteiger partial charge in [-0.2, -0.15) is 0 Å². The Labute approximate surface area is 127 Å². The molecular weight excluding hydrogens is 258 g/mol. The molecule has 0 aliphatic heterocycles. The first kappa shape index (κ1) is 14.2. The van der Waals surface area contributed by atoms with E-state index in [0.717, 1.165) is 12.3 Å². The minimum Gasteiger partial charge on any atom is -0.497 e. The van der Waals surface area contributed by atoms with E-state index in [0.29, 0.717) is 6.04 Å². The van der Waals surface area contributed by atoms with Crippen molar-refractivity contribution in [2.75, 3.05) is 13.7 Å². The summed E-state index contributed by atoms with van der Waals surface area (Å²) in [6.07, 6.45) is 2.50. The van der Waals surface area contributed by atoms with E-state index in [1.807, 2.05) is 0 Å². The summed E-state index contributed by atoms with van der Waals surface area (Å²) in [7, 11) is 1.71. The van der Waals surface area contributed by atoms with Crippen LogP contribution in [0.2, 0.25) is 0 Å². The smallest absolute Gasteiger partial charge is 0.118 e. The van der Waals surface area contributed by atoms with E-state index >= 15 is 0 Å². The molecule has 21 heavy (non-hydrogen) atoms. The van der Waals surface area contributed by atoms with Crippen molar-refractivity contribution < 1.29 is 4.74 Å². The molecule has 3 rings (SSSR count). The molecule has 0 spiro atoms. The third-order valence-corrected chi connectivity index (χ3v) is 4.55. The summed E-state index contributed by atoms with van der Waals surface area (Å²) >= 11 is 0. The van der Waals surface area contributed by atoms with Crippen LogP contribution in [-0.4, -0.2) is 13.7 Å². The largest absolute Gasteiger partial charge is 0.497 e. The molecule has 1 aliphatic carbocycles. The van der Waals surface area contributed by atoms with E-state index in [-0.39, 0.29) is 5.41 Å². The second-order valence-corrected chi connectivity index (χ2v) is 5.79. The summed E-state index contributed by atoms with van der Waals surface area (Å²) < 4.78 is 5.27. The van der Waals surface area contributed by atoms with E-state index in [4.69, 9.17) is 4.74 Å². The zero-order chi connectivity index (χ0) is 14.7. The minimum absolute atomic E-state index is 0.256. The summed E-state index contributed by atoms with van der Waals surface area (Å²) in [5, 5.41) is 3.70. The summed E-state index contributed by atoms with van der Waals surface area (Å²) in [4.78, 5) is 0. The number of methoxy groups -OCH3 is 1. The van der Waals surface area contributed by atoms with Crippen molar-refractivity contribution in [3.8, 4) is 5.75 Å². The molecule has 2 aromatic carbocycles. The topological polar surface area (TPSA) is 21.3 Å². The lowest BCUT2D eigenvalue weighted by Gasteiger charge is -2.29. The Morgan fingerprint density at radius 3 is 2.24 bits per heavy atom. The first-order valence-corrected chi connectivity index (χ1v) is 7.73. The SMILES string of the molecule is CCNC(c1ccc(OC)cc1)C1(c2ccccc2)CC1. The standard InChI is InChI=1S/C19H23NO/c1-3-20-18(15-9-11-17(21-2)12-10-15)19(13-14-19)16-7-5-4-6-8-16/h4-12,18,20H,3,13-14H2,1-2H3. The third-order valence-electron chi connectivity index (χ3n) is 4.55. The molecule has 1 saturated carbocycles. The summed E-state index contributed by atoms with van der Waals surface area (Å²) in [6.45, 7) is 3.16. The molecule has 110 valence electrons. The van der Waals surface area contributed by atoms with Crippen LogP contribution in [0.3, 0.4) is 0 Å². The Hall–Kier alpha value is -1.80. The van der Waals surface area contributed by atoms with Crippen LogP contribution in [0, 0.1) is 0 Å². The quantitative estimate of drug-likeness (QED) is 0.861. The predicted molar refractivity (Wildman–Crippen MR) is 86.8 cm³/mol. The highest BCUT2D eigenvalue weighted by molar-refractivity contribution is 5.40. The Morgan fingerprint density at radius 2 is 1.71 bits per heavy atom. The van der Waals surface area contributed by atoms with Gasteiger partial charge in [0.25, 0.3) is 0 Å². The second-order valence-electron chi connectivity index (χ2n) is 5.79. The normalized spacial score (nSPS) is 17.2. The maximum atomic E-state index is 5.27. The van der Waals surface area contributed by atoms with Crippen LogP contribution in [0.15, 0.2) is 54.6 Å². The van der Waals surface area contributed by atoms with Crippen LogP contribution in [0.5, 0.6) is 5.75 Å². The molecule has 0 amide bonds. The van der Waals surface area contributed by atoms with Gasteiger partial charge >= 0.3 is 0 Å². The van der Waals surface area contributed by atoms with Crippen molar-refractivity contribution in [2.45, 2.75) is 31.2 Å². The third kappa shape index (κ3) is 2.68. The zero-order valence-corrected chi connectivity index (χ0v) is 12.8. The Balaban J connectivity index is 1.94. The predicted octanol–water partition coefficient (Wildman–Crippen LogP) is 4.08. The van der Waals surface area contributed by atoms with Gasteiger partial charge in [-0.1, -0.05) is 49.4 Å². The fraction of sp³-hybridized carbons (Fsp3) is 0.368. The average molecular weight is 281 g/mol. The van der Waals surface area contributed by atoms with Crippen molar-refractivity contribution >= 4 is 0 Å². The number of benzene rings is 2. The molecule has 1 atom stereocenters. The molecule has 0 radical (unpaired) electrons. The second kappa shape index (κ2) is 5.90. The first-order valence-electron chi connectivity index (χ1n) is 7.73. The number of ether oxygens (including phenoxy) is 1. The van der Waals surface area contributed by atoms with E-state index in [2.05, 4.69) is 66.8 Å². The molecule has 1 unspecified atom stereocenters. The van der Waals surface area contributed by atoms with E-state index in [1.165, 1.54) is 24.0 Å².